The average molecular weight is 364 g/mol. The van der Waals surface area contributed by atoms with E-state index in [2.05, 4.69) is 10.4 Å². The summed E-state index contributed by atoms with van der Waals surface area (Å²) in [7, 11) is 0. The molecule has 7 nitrogen and oxygen atoms in total. The summed E-state index contributed by atoms with van der Waals surface area (Å²) in [5.41, 5.74) is 9.04. The fourth-order valence-electron chi connectivity index (χ4n) is 3.35. The standard InChI is InChI=1S/C20H20N4O3/c1-12(19(25)22-15-8-7-13-4-2-5-14(13)10-15)24-20(26)16(21)11-17(23-24)18-6-3-9-27-18/h3,6-12H,2,4-5,21H2,1H3,(H,22,25). The van der Waals surface area contributed by atoms with Crippen molar-refractivity contribution >= 4 is 17.3 Å². The molecule has 0 radical (unpaired) electrons. The fraction of sp³-hybridized carbons (Fsp3) is 0.250. The van der Waals surface area contributed by atoms with Gasteiger partial charge in [-0.2, -0.15) is 5.10 Å². The third kappa shape index (κ3) is 3.23. The number of nitrogens with zero attached hydrogens (tertiary/aromatic N) is 2. The molecule has 1 amide bonds. The summed E-state index contributed by atoms with van der Waals surface area (Å²) >= 11 is 0. The van der Waals surface area contributed by atoms with Gasteiger partial charge in [-0.1, -0.05) is 6.07 Å². The Balaban J connectivity index is 1.61. The second kappa shape index (κ2) is 6.75. The second-order valence-corrected chi connectivity index (χ2v) is 6.71. The highest BCUT2D eigenvalue weighted by Gasteiger charge is 2.21. The molecular formula is C20H20N4O3. The minimum Gasteiger partial charge on any atom is -0.463 e. The van der Waals surface area contributed by atoms with Gasteiger partial charge in [0.05, 0.1) is 6.26 Å². The van der Waals surface area contributed by atoms with Crippen LogP contribution in [0.2, 0.25) is 0 Å². The van der Waals surface area contributed by atoms with Crippen molar-refractivity contribution in [2.45, 2.75) is 32.2 Å². The number of aromatic nitrogens is 2. The van der Waals surface area contributed by atoms with E-state index in [1.54, 1.807) is 19.1 Å². The topological polar surface area (TPSA) is 103 Å². The molecule has 1 unspecified atom stereocenters. The number of carbonyl (C=O) groups is 1. The van der Waals surface area contributed by atoms with Gasteiger partial charge < -0.3 is 15.5 Å². The molecule has 3 aromatic rings. The molecule has 4 rings (SSSR count). The summed E-state index contributed by atoms with van der Waals surface area (Å²) in [5.74, 6) is 0.139. The van der Waals surface area contributed by atoms with Crippen molar-refractivity contribution < 1.29 is 9.21 Å². The van der Waals surface area contributed by atoms with Gasteiger partial charge >= 0.3 is 0 Å². The lowest BCUT2D eigenvalue weighted by atomic mass is 10.1. The Morgan fingerprint density at radius 3 is 2.85 bits per heavy atom. The molecule has 0 fully saturated rings. The number of carbonyl (C=O) groups excluding carboxylic acids is 1. The van der Waals surface area contributed by atoms with Gasteiger partial charge in [-0.15, -0.1) is 0 Å². The molecule has 0 spiro atoms. The van der Waals surface area contributed by atoms with E-state index in [9.17, 15) is 9.59 Å². The number of aryl methyl sites for hydroxylation is 2. The number of nitrogens with one attached hydrogen (secondary N) is 1. The Hall–Kier alpha value is -3.35. The molecule has 1 aliphatic rings. The second-order valence-electron chi connectivity index (χ2n) is 6.71. The minimum atomic E-state index is -0.831. The van der Waals surface area contributed by atoms with Crippen LogP contribution >= 0.6 is 0 Å². The van der Waals surface area contributed by atoms with Gasteiger partial charge in [-0.3, -0.25) is 9.59 Å². The van der Waals surface area contributed by atoms with Crippen molar-refractivity contribution in [3.8, 4) is 11.5 Å². The maximum Gasteiger partial charge on any atom is 0.290 e. The fourth-order valence-corrected chi connectivity index (χ4v) is 3.35. The number of benzene rings is 1. The van der Waals surface area contributed by atoms with Crippen molar-refractivity contribution in [1.29, 1.82) is 0 Å². The zero-order valence-corrected chi connectivity index (χ0v) is 14.9. The molecule has 0 bridgehead atoms. The predicted molar refractivity (Wildman–Crippen MR) is 102 cm³/mol. The Bertz CT molecular complexity index is 1050. The van der Waals surface area contributed by atoms with E-state index in [-0.39, 0.29) is 11.6 Å². The summed E-state index contributed by atoms with van der Waals surface area (Å²) in [6.07, 6.45) is 4.75. The number of rotatable bonds is 4. The Morgan fingerprint density at radius 2 is 2.07 bits per heavy atom. The van der Waals surface area contributed by atoms with Crippen molar-refractivity contribution in [2.75, 3.05) is 11.1 Å². The molecule has 3 N–H and O–H groups in total. The molecule has 0 saturated heterocycles. The van der Waals surface area contributed by atoms with E-state index in [0.29, 0.717) is 11.5 Å². The molecule has 1 aromatic carbocycles. The molecule has 2 aromatic heterocycles. The van der Waals surface area contributed by atoms with E-state index in [4.69, 9.17) is 10.2 Å². The van der Waals surface area contributed by atoms with Gasteiger partial charge in [-0.05, 0) is 67.6 Å². The van der Waals surface area contributed by atoms with E-state index >= 15 is 0 Å². The maximum absolute atomic E-state index is 12.7. The quantitative estimate of drug-likeness (QED) is 0.741. The predicted octanol–water partition coefficient (Wildman–Crippen LogP) is 2.77. The van der Waals surface area contributed by atoms with Crippen LogP contribution < -0.4 is 16.6 Å². The summed E-state index contributed by atoms with van der Waals surface area (Å²) < 4.78 is 6.41. The Labute approximate surface area is 155 Å². The van der Waals surface area contributed by atoms with Gasteiger partial charge in [0.1, 0.15) is 17.4 Å². The SMILES string of the molecule is CC(C(=O)Nc1ccc2c(c1)CCC2)n1nc(-c2ccco2)cc(N)c1=O. The van der Waals surface area contributed by atoms with Crippen LogP contribution in [0.4, 0.5) is 11.4 Å². The highest BCUT2D eigenvalue weighted by atomic mass is 16.3. The molecule has 0 saturated carbocycles. The third-order valence-corrected chi connectivity index (χ3v) is 4.85. The van der Waals surface area contributed by atoms with Gasteiger partial charge in [0.25, 0.3) is 5.56 Å². The molecule has 2 heterocycles. The number of nitrogen functional groups attached to an aromatic ring is 1. The number of hydrogen-bond donors (Lipinski definition) is 2. The number of hydrogen-bond acceptors (Lipinski definition) is 5. The van der Waals surface area contributed by atoms with Gasteiger partial charge in [0.15, 0.2) is 5.76 Å². The molecule has 1 aliphatic carbocycles. The minimum absolute atomic E-state index is 0.00795. The first-order chi connectivity index (χ1) is 13.0. The molecule has 0 aliphatic heterocycles. The summed E-state index contributed by atoms with van der Waals surface area (Å²) in [5, 5.41) is 7.13. The number of anilines is 2. The summed E-state index contributed by atoms with van der Waals surface area (Å²) in [6.45, 7) is 1.61. The van der Waals surface area contributed by atoms with Gasteiger partial charge in [-0.25, -0.2) is 4.68 Å². The van der Waals surface area contributed by atoms with Gasteiger partial charge in [0.2, 0.25) is 5.91 Å². The highest BCUT2D eigenvalue weighted by molar-refractivity contribution is 5.93. The number of fused-ring (bicyclic) bond motifs is 1. The lowest BCUT2D eigenvalue weighted by molar-refractivity contribution is -0.119. The van der Waals surface area contributed by atoms with Crippen LogP contribution in [0.3, 0.4) is 0 Å². The summed E-state index contributed by atoms with van der Waals surface area (Å²) in [6, 6.07) is 9.97. The lowest BCUT2D eigenvalue weighted by Gasteiger charge is -2.16. The third-order valence-electron chi connectivity index (χ3n) is 4.85. The molecule has 138 valence electrons. The molecule has 1 atom stereocenters. The largest absolute Gasteiger partial charge is 0.463 e. The molecular weight excluding hydrogens is 344 g/mol. The van der Waals surface area contributed by atoms with Crippen LogP contribution in [0.1, 0.15) is 30.5 Å². The number of nitrogens with two attached hydrogens (primary N) is 1. The highest BCUT2D eigenvalue weighted by Crippen LogP contribution is 2.25. The first-order valence-corrected chi connectivity index (χ1v) is 8.89. The first kappa shape index (κ1) is 17.1. The average Bonchev–Trinajstić information content (AvgIpc) is 3.34. The zero-order chi connectivity index (χ0) is 19.0. The van der Waals surface area contributed by atoms with E-state index in [1.165, 1.54) is 23.5 Å². The van der Waals surface area contributed by atoms with Crippen molar-refractivity contribution in [1.82, 2.24) is 9.78 Å². The monoisotopic (exact) mass is 364 g/mol. The van der Waals surface area contributed by atoms with Crippen molar-refractivity contribution in [3.05, 3.63) is 64.1 Å². The first-order valence-electron chi connectivity index (χ1n) is 8.89. The van der Waals surface area contributed by atoms with Crippen LogP contribution in [0.5, 0.6) is 0 Å². The molecule has 7 heteroatoms. The van der Waals surface area contributed by atoms with Crippen LogP contribution in [0, 0.1) is 0 Å². The normalized spacial score (nSPS) is 14.0. The van der Waals surface area contributed by atoms with Crippen LogP contribution in [0.15, 0.2) is 51.9 Å². The van der Waals surface area contributed by atoms with Crippen LogP contribution in [-0.4, -0.2) is 15.7 Å². The van der Waals surface area contributed by atoms with E-state index in [0.717, 1.165) is 29.6 Å². The number of furan rings is 1. The van der Waals surface area contributed by atoms with Crippen LogP contribution in [-0.2, 0) is 17.6 Å². The summed E-state index contributed by atoms with van der Waals surface area (Å²) in [4.78, 5) is 25.1. The van der Waals surface area contributed by atoms with Crippen molar-refractivity contribution in [3.63, 3.8) is 0 Å². The smallest absolute Gasteiger partial charge is 0.290 e. The van der Waals surface area contributed by atoms with Crippen LogP contribution in [0.25, 0.3) is 11.5 Å². The Kier molecular flexibility index (Phi) is 4.27. The maximum atomic E-state index is 12.7. The van der Waals surface area contributed by atoms with Crippen molar-refractivity contribution in [2.24, 2.45) is 0 Å². The van der Waals surface area contributed by atoms with E-state index in [1.807, 2.05) is 18.2 Å². The van der Waals surface area contributed by atoms with Gasteiger partial charge in [0, 0.05) is 5.69 Å². The van der Waals surface area contributed by atoms with E-state index < -0.39 is 11.6 Å². The number of amides is 1. The lowest BCUT2D eigenvalue weighted by Crippen LogP contribution is -2.34. The molecule has 27 heavy (non-hydrogen) atoms. The Morgan fingerprint density at radius 1 is 1.26 bits per heavy atom. The zero-order valence-electron chi connectivity index (χ0n) is 14.9.